The van der Waals surface area contributed by atoms with Crippen LogP contribution in [-0.2, 0) is 11.3 Å². The van der Waals surface area contributed by atoms with Gasteiger partial charge < -0.3 is 15.4 Å². The summed E-state index contributed by atoms with van der Waals surface area (Å²) in [6.07, 6.45) is 3.77. The van der Waals surface area contributed by atoms with Crippen LogP contribution >= 0.6 is 0 Å². The van der Waals surface area contributed by atoms with Crippen LogP contribution in [0, 0.1) is 5.82 Å². The van der Waals surface area contributed by atoms with Crippen LogP contribution in [0.3, 0.4) is 0 Å². The van der Waals surface area contributed by atoms with Crippen LogP contribution in [0.4, 0.5) is 4.39 Å². The molecule has 0 aliphatic carbocycles. The molecule has 0 radical (unpaired) electrons. The zero-order chi connectivity index (χ0) is 15.2. The van der Waals surface area contributed by atoms with Crippen LogP contribution in [-0.4, -0.2) is 30.0 Å². The Bertz CT molecular complexity index is 485. The van der Waals surface area contributed by atoms with E-state index in [4.69, 9.17) is 10.5 Å². The third-order valence-corrected chi connectivity index (χ3v) is 3.85. The fraction of sp³-hybridized carbons (Fsp3) is 0.562. The predicted molar refractivity (Wildman–Crippen MR) is 79.4 cm³/mol. The minimum Gasteiger partial charge on any atom is -0.480 e. The molecule has 21 heavy (non-hydrogen) atoms. The summed E-state index contributed by atoms with van der Waals surface area (Å²) in [5.74, 6) is -0.0817. The highest BCUT2D eigenvalue weighted by molar-refractivity contribution is 5.81. The molecular weight excluding hydrogens is 271 g/mol. The van der Waals surface area contributed by atoms with Gasteiger partial charge in [-0.05, 0) is 31.9 Å². The predicted octanol–water partition coefficient (Wildman–Crippen LogP) is 2.45. The zero-order valence-electron chi connectivity index (χ0n) is 12.5. The molecule has 1 aliphatic heterocycles. The summed E-state index contributed by atoms with van der Waals surface area (Å²) in [5, 5.41) is 0. The van der Waals surface area contributed by atoms with Gasteiger partial charge in [-0.25, -0.2) is 4.39 Å². The maximum atomic E-state index is 13.7. The van der Waals surface area contributed by atoms with Crippen molar-refractivity contribution in [3.05, 3.63) is 29.6 Å². The summed E-state index contributed by atoms with van der Waals surface area (Å²) in [7, 11) is 0. The first-order valence-electron chi connectivity index (χ1n) is 7.56. The van der Waals surface area contributed by atoms with Crippen molar-refractivity contribution in [2.24, 2.45) is 5.73 Å². The van der Waals surface area contributed by atoms with Gasteiger partial charge in [-0.1, -0.05) is 18.9 Å². The van der Waals surface area contributed by atoms with Crippen LogP contribution in [0.5, 0.6) is 5.75 Å². The maximum Gasteiger partial charge on any atom is 0.263 e. The van der Waals surface area contributed by atoms with Crippen molar-refractivity contribution < 1.29 is 13.9 Å². The fourth-order valence-electron chi connectivity index (χ4n) is 2.64. The number of carbonyl (C=O) groups excluding carboxylic acids is 1. The molecule has 1 fully saturated rings. The average Bonchev–Trinajstić information content (AvgIpc) is 2.75. The van der Waals surface area contributed by atoms with E-state index in [9.17, 15) is 9.18 Å². The SMILES string of the molecule is CC(Oc1cccc(F)c1CN)C(=O)N1CCCCCC1. The molecule has 1 aromatic carbocycles. The Hall–Kier alpha value is -1.62. The number of hydrogen-bond donors (Lipinski definition) is 1. The Morgan fingerprint density at radius 3 is 2.62 bits per heavy atom. The maximum absolute atomic E-state index is 13.7. The van der Waals surface area contributed by atoms with Crippen LogP contribution < -0.4 is 10.5 Å². The van der Waals surface area contributed by atoms with Gasteiger partial charge in [0.1, 0.15) is 11.6 Å². The number of nitrogens with zero attached hydrogens (tertiary/aromatic N) is 1. The second kappa shape index (κ2) is 7.41. The number of nitrogens with two attached hydrogens (primary N) is 1. The number of carbonyl (C=O) groups is 1. The van der Waals surface area contributed by atoms with Gasteiger partial charge >= 0.3 is 0 Å². The Balaban J connectivity index is 2.05. The van der Waals surface area contributed by atoms with E-state index in [1.54, 1.807) is 19.1 Å². The third-order valence-electron chi connectivity index (χ3n) is 3.85. The van der Waals surface area contributed by atoms with E-state index in [0.717, 1.165) is 25.9 Å². The molecular formula is C16H23FN2O2. The quantitative estimate of drug-likeness (QED) is 0.928. The highest BCUT2D eigenvalue weighted by Crippen LogP contribution is 2.23. The van der Waals surface area contributed by atoms with Gasteiger partial charge in [0, 0.05) is 25.2 Å². The van der Waals surface area contributed by atoms with Crippen LogP contribution in [0.2, 0.25) is 0 Å². The van der Waals surface area contributed by atoms with E-state index >= 15 is 0 Å². The largest absolute Gasteiger partial charge is 0.480 e. The van der Waals surface area contributed by atoms with Crippen molar-refractivity contribution in [3.8, 4) is 5.75 Å². The lowest BCUT2D eigenvalue weighted by Crippen LogP contribution is -2.41. The van der Waals surface area contributed by atoms with E-state index in [0.29, 0.717) is 11.3 Å². The second-order valence-electron chi connectivity index (χ2n) is 5.42. The van der Waals surface area contributed by atoms with Crippen molar-refractivity contribution >= 4 is 5.91 Å². The minimum atomic E-state index is -0.629. The Kier molecular flexibility index (Phi) is 5.56. The molecule has 1 atom stereocenters. The molecule has 4 nitrogen and oxygen atoms in total. The topological polar surface area (TPSA) is 55.6 Å². The zero-order valence-corrected chi connectivity index (χ0v) is 12.5. The third kappa shape index (κ3) is 3.94. The van der Waals surface area contributed by atoms with Crippen molar-refractivity contribution in [1.29, 1.82) is 0 Å². The molecule has 0 spiro atoms. The molecule has 1 amide bonds. The van der Waals surface area contributed by atoms with Gasteiger partial charge in [0.25, 0.3) is 5.91 Å². The first-order chi connectivity index (χ1) is 10.1. The van der Waals surface area contributed by atoms with E-state index in [-0.39, 0.29) is 12.5 Å². The van der Waals surface area contributed by atoms with E-state index < -0.39 is 11.9 Å². The summed E-state index contributed by atoms with van der Waals surface area (Å²) in [6, 6.07) is 4.56. The number of likely N-dealkylation sites (tertiary alicyclic amines) is 1. The number of amides is 1. The van der Waals surface area contributed by atoms with Gasteiger partial charge in [-0.2, -0.15) is 0 Å². The van der Waals surface area contributed by atoms with Gasteiger partial charge in [0.15, 0.2) is 6.10 Å². The molecule has 1 unspecified atom stereocenters. The summed E-state index contributed by atoms with van der Waals surface area (Å²) >= 11 is 0. The van der Waals surface area contributed by atoms with E-state index in [1.807, 2.05) is 4.90 Å². The second-order valence-corrected chi connectivity index (χ2v) is 5.42. The first-order valence-corrected chi connectivity index (χ1v) is 7.56. The normalized spacial score (nSPS) is 17.2. The lowest BCUT2D eigenvalue weighted by Gasteiger charge is -2.25. The highest BCUT2D eigenvalue weighted by atomic mass is 19.1. The lowest BCUT2D eigenvalue weighted by molar-refractivity contribution is -0.137. The molecule has 0 aromatic heterocycles. The first kappa shape index (κ1) is 15.8. The number of hydrogen-bond acceptors (Lipinski definition) is 3. The lowest BCUT2D eigenvalue weighted by atomic mass is 10.2. The van der Waals surface area contributed by atoms with Crippen molar-refractivity contribution in [2.45, 2.75) is 45.3 Å². The van der Waals surface area contributed by atoms with Gasteiger partial charge in [-0.15, -0.1) is 0 Å². The van der Waals surface area contributed by atoms with Crippen molar-refractivity contribution in [1.82, 2.24) is 4.90 Å². The summed E-state index contributed by atoms with van der Waals surface area (Å²) in [4.78, 5) is 14.3. The molecule has 5 heteroatoms. The standard InChI is InChI=1S/C16H23FN2O2/c1-12(16(20)19-9-4-2-3-5-10-19)21-15-8-6-7-14(17)13(15)11-18/h6-8,12H,2-5,9-11,18H2,1H3. The monoisotopic (exact) mass is 294 g/mol. The number of halogens is 1. The summed E-state index contributed by atoms with van der Waals surface area (Å²) in [6.45, 7) is 3.31. The molecule has 0 saturated carbocycles. The molecule has 2 N–H and O–H groups in total. The Labute approximate surface area is 125 Å². The van der Waals surface area contributed by atoms with E-state index in [2.05, 4.69) is 0 Å². The minimum absolute atomic E-state index is 0.0378. The number of ether oxygens (including phenoxy) is 1. The summed E-state index contributed by atoms with van der Waals surface area (Å²) < 4.78 is 19.3. The van der Waals surface area contributed by atoms with Crippen LogP contribution in [0.1, 0.15) is 38.2 Å². The van der Waals surface area contributed by atoms with Gasteiger partial charge in [-0.3, -0.25) is 4.79 Å². The van der Waals surface area contributed by atoms with Gasteiger partial charge in [0.2, 0.25) is 0 Å². The van der Waals surface area contributed by atoms with Gasteiger partial charge in [0.05, 0.1) is 0 Å². The number of rotatable bonds is 4. The van der Waals surface area contributed by atoms with Crippen LogP contribution in [0.25, 0.3) is 0 Å². The molecule has 2 rings (SSSR count). The van der Waals surface area contributed by atoms with Crippen molar-refractivity contribution in [2.75, 3.05) is 13.1 Å². The summed E-state index contributed by atoms with van der Waals surface area (Å²) in [5.41, 5.74) is 5.86. The molecule has 1 aliphatic rings. The molecule has 1 heterocycles. The van der Waals surface area contributed by atoms with Crippen molar-refractivity contribution in [3.63, 3.8) is 0 Å². The average molecular weight is 294 g/mol. The number of benzene rings is 1. The molecule has 116 valence electrons. The smallest absolute Gasteiger partial charge is 0.263 e. The fourth-order valence-corrected chi connectivity index (χ4v) is 2.64. The highest BCUT2D eigenvalue weighted by Gasteiger charge is 2.23. The van der Waals surface area contributed by atoms with E-state index in [1.165, 1.54) is 18.9 Å². The Morgan fingerprint density at radius 2 is 2.00 bits per heavy atom. The molecule has 1 aromatic rings. The Morgan fingerprint density at radius 1 is 1.33 bits per heavy atom. The van der Waals surface area contributed by atoms with Crippen LogP contribution in [0.15, 0.2) is 18.2 Å². The molecule has 1 saturated heterocycles. The molecule has 0 bridgehead atoms.